The lowest BCUT2D eigenvalue weighted by atomic mass is 10.3. The van der Waals surface area contributed by atoms with Crippen molar-refractivity contribution in [1.29, 1.82) is 0 Å². The van der Waals surface area contributed by atoms with Crippen molar-refractivity contribution < 1.29 is 14.7 Å². The molecule has 2 N–H and O–H groups in total. The molecule has 2 aromatic rings. The van der Waals surface area contributed by atoms with Crippen molar-refractivity contribution >= 4 is 23.2 Å². The van der Waals surface area contributed by atoms with Gasteiger partial charge in [0.1, 0.15) is 5.69 Å². The summed E-state index contributed by atoms with van der Waals surface area (Å²) in [4.78, 5) is 26.3. The van der Waals surface area contributed by atoms with Gasteiger partial charge in [-0.2, -0.15) is 5.10 Å². The van der Waals surface area contributed by atoms with Crippen molar-refractivity contribution in [2.75, 3.05) is 6.54 Å². The first-order valence-corrected chi connectivity index (χ1v) is 6.40. The largest absolute Gasteiger partial charge is 0.476 e. The quantitative estimate of drug-likeness (QED) is 0.833. The lowest BCUT2D eigenvalue weighted by Gasteiger charge is -2.03. The molecule has 0 aromatic carbocycles. The maximum Gasteiger partial charge on any atom is 0.355 e. The van der Waals surface area contributed by atoms with Crippen molar-refractivity contribution in [3.63, 3.8) is 0 Å². The monoisotopic (exact) mass is 280 g/mol. The van der Waals surface area contributed by atoms with Crippen LogP contribution in [0.15, 0.2) is 17.6 Å². The molecular formula is C11H12N4O3S. The van der Waals surface area contributed by atoms with Gasteiger partial charge in [0, 0.05) is 31.6 Å². The van der Waals surface area contributed by atoms with E-state index in [0.717, 1.165) is 0 Å². The fraction of sp³-hybridized carbons (Fsp3) is 0.273. The van der Waals surface area contributed by atoms with Crippen LogP contribution in [0.4, 0.5) is 0 Å². The minimum absolute atomic E-state index is 0.0398. The first kappa shape index (κ1) is 13.2. The molecule has 0 radical (unpaired) electrons. The zero-order chi connectivity index (χ0) is 13.8. The zero-order valence-electron chi connectivity index (χ0n) is 10.2. The van der Waals surface area contributed by atoms with E-state index in [2.05, 4.69) is 15.4 Å². The summed E-state index contributed by atoms with van der Waals surface area (Å²) in [6.07, 6.45) is 2.05. The predicted molar refractivity (Wildman–Crippen MR) is 68.3 cm³/mol. The molecule has 8 heteroatoms. The van der Waals surface area contributed by atoms with Crippen molar-refractivity contribution in [2.45, 2.75) is 6.42 Å². The number of hydrogen-bond acceptors (Lipinski definition) is 5. The van der Waals surface area contributed by atoms with Crippen LogP contribution in [0.1, 0.15) is 26.0 Å². The average Bonchev–Trinajstić information content (AvgIpc) is 2.97. The van der Waals surface area contributed by atoms with Crippen LogP contribution in [0.2, 0.25) is 0 Å². The molecular weight excluding hydrogens is 268 g/mol. The van der Waals surface area contributed by atoms with E-state index in [-0.39, 0.29) is 11.6 Å². The number of carbonyl (C=O) groups is 2. The van der Waals surface area contributed by atoms with Crippen LogP contribution in [0.25, 0.3) is 0 Å². The fourth-order valence-corrected chi connectivity index (χ4v) is 2.27. The molecule has 0 aliphatic carbocycles. The average molecular weight is 280 g/mol. The Balaban J connectivity index is 1.85. The van der Waals surface area contributed by atoms with Crippen molar-refractivity contribution in [1.82, 2.24) is 20.1 Å². The molecule has 7 nitrogen and oxygen atoms in total. The number of rotatable bonds is 5. The second-order valence-corrected chi connectivity index (χ2v) is 4.72. The maximum atomic E-state index is 11.7. The number of aryl methyl sites for hydroxylation is 1. The van der Waals surface area contributed by atoms with Gasteiger partial charge in [-0.05, 0) is 6.07 Å². The van der Waals surface area contributed by atoms with Gasteiger partial charge in [0.05, 0.1) is 5.01 Å². The molecule has 0 spiro atoms. The second-order valence-electron chi connectivity index (χ2n) is 3.78. The van der Waals surface area contributed by atoms with Crippen LogP contribution < -0.4 is 5.32 Å². The molecule has 0 aliphatic heterocycles. The summed E-state index contributed by atoms with van der Waals surface area (Å²) in [5, 5.41) is 17.5. The number of carbonyl (C=O) groups excluding carboxylic acids is 1. The maximum absolute atomic E-state index is 11.7. The Hall–Kier alpha value is -2.22. The van der Waals surface area contributed by atoms with Crippen LogP contribution in [-0.4, -0.2) is 38.3 Å². The van der Waals surface area contributed by atoms with Crippen molar-refractivity contribution in [3.05, 3.63) is 34.0 Å². The molecule has 2 rings (SSSR count). The molecule has 19 heavy (non-hydrogen) atoms. The van der Waals surface area contributed by atoms with Gasteiger partial charge in [-0.25, -0.2) is 9.78 Å². The highest BCUT2D eigenvalue weighted by Crippen LogP contribution is 2.09. The highest BCUT2D eigenvalue weighted by molar-refractivity contribution is 7.09. The van der Waals surface area contributed by atoms with E-state index in [1.807, 2.05) is 0 Å². The predicted octanol–water partition coefficient (Wildman–Crippen LogP) is 0.547. The second kappa shape index (κ2) is 5.61. The number of aromatic nitrogens is 3. The Kier molecular flexibility index (Phi) is 3.91. The van der Waals surface area contributed by atoms with E-state index in [4.69, 9.17) is 5.11 Å². The minimum atomic E-state index is -1.04. The molecule has 1 amide bonds. The number of nitrogens with one attached hydrogen (secondary N) is 1. The molecule has 0 saturated carbocycles. The third-order valence-corrected chi connectivity index (χ3v) is 3.36. The number of hydrogen-bond donors (Lipinski definition) is 2. The van der Waals surface area contributed by atoms with Crippen LogP contribution in [-0.2, 0) is 13.5 Å². The van der Waals surface area contributed by atoms with Crippen LogP contribution in [0.5, 0.6) is 0 Å². The topological polar surface area (TPSA) is 97.1 Å². The molecule has 0 bridgehead atoms. The van der Waals surface area contributed by atoms with E-state index in [9.17, 15) is 9.59 Å². The summed E-state index contributed by atoms with van der Waals surface area (Å²) in [6.45, 7) is 0.399. The highest BCUT2D eigenvalue weighted by Gasteiger charge is 2.11. The van der Waals surface area contributed by atoms with E-state index in [0.29, 0.717) is 23.7 Å². The van der Waals surface area contributed by atoms with E-state index < -0.39 is 5.97 Å². The molecule has 2 heterocycles. The Labute approximate surface area is 112 Å². The first-order chi connectivity index (χ1) is 9.08. The van der Waals surface area contributed by atoms with Gasteiger partial charge in [0.15, 0.2) is 5.69 Å². The molecule has 0 atom stereocenters. The van der Waals surface area contributed by atoms with Gasteiger partial charge in [-0.1, -0.05) is 0 Å². The lowest BCUT2D eigenvalue weighted by molar-refractivity contribution is 0.0690. The van der Waals surface area contributed by atoms with Gasteiger partial charge in [0.2, 0.25) is 0 Å². The van der Waals surface area contributed by atoms with Crippen molar-refractivity contribution in [3.8, 4) is 0 Å². The van der Waals surface area contributed by atoms with Crippen LogP contribution >= 0.6 is 11.3 Å². The van der Waals surface area contributed by atoms with Crippen molar-refractivity contribution in [2.24, 2.45) is 7.05 Å². The SMILES string of the molecule is Cn1nccc1C(=O)NCCc1nc(C(=O)O)cs1. The smallest absolute Gasteiger partial charge is 0.355 e. The molecule has 2 aromatic heterocycles. The minimum Gasteiger partial charge on any atom is -0.476 e. The molecule has 0 fully saturated rings. The number of carboxylic acids is 1. The van der Waals surface area contributed by atoms with E-state index >= 15 is 0 Å². The zero-order valence-corrected chi connectivity index (χ0v) is 11.0. The Morgan fingerprint density at radius 3 is 2.89 bits per heavy atom. The number of aromatic carboxylic acids is 1. The van der Waals surface area contributed by atoms with Gasteiger partial charge >= 0.3 is 5.97 Å². The highest BCUT2D eigenvalue weighted by atomic mass is 32.1. The molecule has 0 saturated heterocycles. The number of thiazole rings is 1. The standard InChI is InChI=1S/C11H12N4O3S/c1-15-8(2-5-13-15)10(16)12-4-3-9-14-7(6-19-9)11(17)18/h2,5-6H,3-4H2,1H3,(H,12,16)(H,17,18). The van der Waals surface area contributed by atoms with Gasteiger partial charge in [-0.15, -0.1) is 11.3 Å². The van der Waals surface area contributed by atoms with E-state index in [1.165, 1.54) is 21.4 Å². The summed E-state index contributed by atoms with van der Waals surface area (Å²) >= 11 is 1.27. The Morgan fingerprint density at radius 1 is 1.53 bits per heavy atom. The Bertz CT molecular complexity index is 605. The summed E-state index contributed by atoms with van der Waals surface area (Å²) in [7, 11) is 1.69. The third-order valence-electron chi connectivity index (χ3n) is 2.45. The fourth-order valence-electron chi connectivity index (χ4n) is 1.49. The summed E-state index contributed by atoms with van der Waals surface area (Å²) < 4.78 is 1.49. The van der Waals surface area contributed by atoms with Gasteiger partial charge in [0.25, 0.3) is 5.91 Å². The molecule has 0 unspecified atom stereocenters. The van der Waals surface area contributed by atoms with Gasteiger partial charge in [-0.3, -0.25) is 9.48 Å². The summed E-state index contributed by atoms with van der Waals surface area (Å²) in [5.41, 5.74) is 0.517. The van der Waals surface area contributed by atoms with E-state index in [1.54, 1.807) is 19.3 Å². The Morgan fingerprint density at radius 2 is 2.32 bits per heavy atom. The third kappa shape index (κ3) is 3.16. The lowest BCUT2D eigenvalue weighted by Crippen LogP contribution is -2.27. The number of nitrogens with zero attached hydrogens (tertiary/aromatic N) is 3. The van der Waals surface area contributed by atoms with Gasteiger partial charge < -0.3 is 10.4 Å². The first-order valence-electron chi connectivity index (χ1n) is 5.52. The summed E-state index contributed by atoms with van der Waals surface area (Å²) in [6, 6.07) is 1.63. The van der Waals surface area contributed by atoms with Crippen LogP contribution in [0.3, 0.4) is 0 Å². The normalized spacial score (nSPS) is 10.4. The van der Waals surface area contributed by atoms with Crippen LogP contribution in [0, 0.1) is 0 Å². The number of carboxylic acid groups (broad SMARTS) is 1. The molecule has 0 aliphatic rings. The molecule has 100 valence electrons. The summed E-state index contributed by atoms with van der Waals surface area (Å²) in [5.74, 6) is -1.25. The number of amides is 1.